The minimum Gasteiger partial charge on any atom is -0.394 e. The van der Waals surface area contributed by atoms with Gasteiger partial charge >= 0.3 is 0 Å². The molecule has 2 N–H and O–H groups in total. The molecule has 0 heterocycles. The van der Waals surface area contributed by atoms with Gasteiger partial charge in [-0.25, -0.2) is 4.39 Å². The summed E-state index contributed by atoms with van der Waals surface area (Å²) in [5.74, 6) is -0.639. The second-order valence-electron chi connectivity index (χ2n) is 2.99. The molecule has 0 aromatic heterocycles. The maximum Gasteiger partial charge on any atom is 0.217 e. The normalized spacial score (nSPS) is 12.2. The highest BCUT2D eigenvalue weighted by molar-refractivity contribution is 5.73. The number of benzene rings is 1. The lowest BCUT2D eigenvalue weighted by atomic mass is 10.1. The minimum absolute atomic E-state index is 0.247. The average molecular weight is 197 g/mol. The van der Waals surface area contributed by atoms with Crippen LogP contribution in [0.5, 0.6) is 0 Å². The first-order chi connectivity index (χ1) is 6.63. The van der Waals surface area contributed by atoms with Crippen LogP contribution in [0.4, 0.5) is 4.39 Å². The highest BCUT2D eigenvalue weighted by atomic mass is 19.1. The molecular weight excluding hydrogens is 185 g/mol. The molecule has 1 amide bonds. The van der Waals surface area contributed by atoms with E-state index >= 15 is 0 Å². The van der Waals surface area contributed by atoms with E-state index in [1.54, 1.807) is 6.07 Å². The Morgan fingerprint density at radius 1 is 1.64 bits per heavy atom. The highest BCUT2D eigenvalue weighted by Crippen LogP contribution is 2.13. The van der Waals surface area contributed by atoms with Crippen LogP contribution in [0.3, 0.4) is 0 Å². The number of aliphatic hydroxyl groups is 1. The summed E-state index contributed by atoms with van der Waals surface area (Å²) < 4.78 is 12.8. The summed E-state index contributed by atoms with van der Waals surface area (Å²) in [5, 5.41) is 11.5. The van der Waals surface area contributed by atoms with Gasteiger partial charge in [0.05, 0.1) is 12.6 Å². The molecule has 1 aromatic rings. The van der Waals surface area contributed by atoms with Crippen molar-refractivity contribution in [1.82, 2.24) is 5.32 Å². The van der Waals surface area contributed by atoms with E-state index in [9.17, 15) is 9.18 Å². The van der Waals surface area contributed by atoms with E-state index in [2.05, 4.69) is 5.32 Å². The summed E-state index contributed by atoms with van der Waals surface area (Å²) in [6, 6.07) is 5.25. The number of rotatable bonds is 3. The van der Waals surface area contributed by atoms with Crippen molar-refractivity contribution >= 4 is 5.91 Å². The molecule has 0 aliphatic carbocycles. The Morgan fingerprint density at radius 3 is 2.86 bits per heavy atom. The molecule has 1 aromatic carbocycles. The zero-order chi connectivity index (χ0) is 10.6. The largest absolute Gasteiger partial charge is 0.394 e. The Balaban J connectivity index is 2.83. The molecule has 0 aliphatic heterocycles. The second kappa shape index (κ2) is 4.72. The predicted octanol–water partition coefficient (Wildman–Crippen LogP) is 0.995. The van der Waals surface area contributed by atoms with Gasteiger partial charge in [0.2, 0.25) is 5.91 Å². The molecule has 1 unspecified atom stereocenters. The third-order valence-corrected chi connectivity index (χ3v) is 1.81. The maximum atomic E-state index is 12.8. The molecule has 0 saturated heterocycles. The van der Waals surface area contributed by atoms with Gasteiger partial charge in [0.15, 0.2) is 0 Å². The molecular formula is C10H12FNO2. The van der Waals surface area contributed by atoms with Crippen LogP contribution in [0.15, 0.2) is 24.3 Å². The molecule has 3 nitrogen and oxygen atoms in total. The standard InChI is InChI=1S/C10H12FNO2/c1-7(14)12-10(6-13)8-3-2-4-9(11)5-8/h2-5,10,13H,6H2,1H3,(H,12,14). The summed E-state index contributed by atoms with van der Waals surface area (Å²) in [5.41, 5.74) is 0.558. The number of hydrogen-bond acceptors (Lipinski definition) is 2. The van der Waals surface area contributed by atoms with Crippen molar-refractivity contribution in [2.75, 3.05) is 6.61 Å². The van der Waals surface area contributed by atoms with Gasteiger partial charge in [0.25, 0.3) is 0 Å². The van der Waals surface area contributed by atoms with E-state index in [1.807, 2.05) is 0 Å². The average Bonchev–Trinajstić information content (AvgIpc) is 2.14. The summed E-state index contributed by atoms with van der Waals surface area (Å²) in [6.07, 6.45) is 0. The molecule has 0 spiro atoms. The van der Waals surface area contributed by atoms with Crippen LogP contribution in [0, 0.1) is 5.82 Å². The number of carbonyl (C=O) groups is 1. The van der Waals surface area contributed by atoms with Crippen molar-refractivity contribution in [3.63, 3.8) is 0 Å². The van der Waals surface area contributed by atoms with E-state index in [4.69, 9.17) is 5.11 Å². The lowest BCUT2D eigenvalue weighted by molar-refractivity contribution is -0.120. The van der Waals surface area contributed by atoms with Gasteiger partial charge in [-0.05, 0) is 17.7 Å². The van der Waals surface area contributed by atoms with Crippen LogP contribution in [0.1, 0.15) is 18.5 Å². The lowest BCUT2D eigenvalue weighted by Crippen LogP contribution is -2.28. The highest BCUT2D eigenvalue weighted by Gasteiger charge is 2.11. The first-order valence-electron chi connectivity index (χ1n) is 4.27. The van der Waals surface area contributed by atoms with Crippen LogP contribution < -0.4 is 5.32 Å². The van der Waals surface area contributed by atoms with Gasteiger partial charge in [-0.15, -0.1) is 0 Å². The molecule has 1 atom stereocenters. The zero-order valence-corrected chi connectivity index (χ0v) is 7.83. The molecule has 0 bridgehead atoms. The van der Waals surface area contributed by atoms with Crippen molar-refractivity contribution in [2.45, 2.75) is 13.0 Å². The maximum absolute atomic E-state index is 12.8. The topological polar surface area (TPSA) is 49.3 Å². The number of halogens is 1. The molecule has 76 valence electrons. The molecule has 4 heteroatoms. The third-order valence-electron chi connectivity index (χ3n) is 1.81. The SMILES string of the molecule is CC(=O)NC(CO)c1cccc(F)c1. The summed E-state index contributed by atoms with van der Waals surface area (Å²) in [6.45, 7) is 1.10. The number of hydrogen-bond donors (Lipinski definition) is 2. The Labute approximate surface area is 81.6 Å². The monoisotopic (exact) mass is 197 g/mol. The van der Waals surface area contributed by atoms with Gasteiger partial charge in [0.1, 0.15) is 5.82 Å². The number of carbonyl (C=O) groups excluding carboxylic acids is 1. The zero-order valence-electron chi connectivity index (χ0n) is 7.83. The Hall–Kier alpha value is -1.42. The Kier molecular flexibility index (Phi) is 3.59. The first kappa shape index (κ1) is 10.7. The molecule has 0 radical (unpaired) electrons. The Bertz CT molecular complexity index is 328. The fourth-order valence-corrected chi connectivity index (χ4v) is 1.20. The van der Waals surface area contributed by atoms with Crippen LogP contribution in [-0.4, -0.2) is 17.6 Å². The summed E-state index contributed by atoms with van der Waals surface area (Å²) in [7, 11) is 0. The smallest absolute Gasteiger partial charge is 0.217 e. The second-order valence-corrected chi connectivity index (χ2v) is 2.99. The lowest BCUT2D eigenvalue weighted by Gasteiger charge is -2.15. The van der Waals surface area contributed by atoms with Crippen molar-refractivity contribution in [2.24, 2.45) is 0 Å². The van der Waals surface area contributed by atoms with Gasteiger partial charge < -0.3 is 10.4 Å². The van der Waals surface area contributed by atoms with Crippen molar-refractivity contribution < 1.29 is 14.3 Å². The van der Waals surface area contributed by atoms with E-state index in [-0.39, 0.29) is 18.3 Å². The van der Waals surface area contributed by atoms with Crippen LogP contribution in [0.2, 0.25) is 0 Å². The van der Waals surface area contributed by atoms with Crippen molar-refractivity contribution in [3.8, 4) is 0 Å². The fourth-order valence-electron chi connectivity index (χ4n) is 1.20. The first-order valence-corrected chi connectivity index (χ1v) is 4.27. The number of amides is 1. The minimum atomic E-state index is -0.539. The van der Waals surface area contributed by atoms with Gasteiger partial charge in [-0.3, -0.25) is 4.79 Å². The van der Waals surface area contributed by atoms with E-state index in [0.717, 1.165) is 0 Å². The summed E-state index contributed by atoms with van der Waals surface area (Å²) >= 11 is 0. The van der Waals surface area contributed by atoms with Gasteiger partial charge in [-0.2, -0.15) is 0 Å². The molecule has 14 heavy (non-hydrogen) atoms. The van der Waals surface area contributed by atoms with E-state index in [1.165, 1.54) is 25.1 Å². The molecule has 0 aliphatic rings. The fraction of sp³-hybridized carbons (Fsp3) is 0.300. The van der Waals surface area contributed by atoms with Crippen molar-refractivity contribution in [3.05, 3.63) is 35.6 Å². The van der Waals surface area contributed by atoms with Crippen LogP contribution in [0.25, 0.3) is 0 Å². The van der Waals surface area contributed by atoms with Crippen molar-refractivity contribution in [1.29, 1.82) is 0 Å². The van der Waals surface area contributed by atoms with E-state index < -0.39 is 6.04 Å². The van der Waals surface area contributed by atoms with E-state index in [0.29, 0.717) is 5.56 Å². The molecule has 1 rings (SSSR count). The summed E-state index contributed by atoms with van der Waals surface area (Å²) in [4.78, 5) is 10.8. The third kappa shape index (κ3) is 2.81. The quantitative estimate of drug-likeness (QED) is 0.759. The number of nitrogens with one attached hydrogen (secondary N) is 1. The number of aliphatic hydroxyl groups excluding tert-OH is 1. The van der Waals surface area contributed by atoms with Gasteiger partial charge in [-0.1, -0.05) is 12.1 Å². The Morgan fingerprint density at radius 2 is 2.36 bits per heavy atom. The molecule has 0 saturated carbocycles. The van der Waals surface area contributed by atoms with Crippen LogP contribution in [-0.2, 0) is 4.79 Å². The van der Waals surface area contributed by atoms with Crippen LogP contribution >= 0.6 is 0 Å². The predicted molar refractivity (Wildman–Crippen MR) is 50.0 cm³/mol. The van der Waals surface area contributed by atoms with Gasteiger partial charge in [0, 0.05) is 6.92 Å². The molecule has 0 fully saturated rings.